The number of para-hydroxylation sites is 2. The molecule has 1 aliphatic rings. The topological polar surface area (TPSA) is 95.9 Å². The number of aromatic hydroxyl groups is 1. The molecule has 8 heteroatoms. The van der Waals surface area contributed by atoms with E-state index in [0.717, 1.165) is 24.8 Å². The number of carbonyl (C=O) groups is 1. The Morgan fingerprint density at radius 1 is 1.04 bits per heavy atom. The minimum absolute atomic E-state index is 0.0270. The molecule has 7 nitrogen and oxygen atoms in total. The molecule has 0 aliphatic carbocycles. The van der Waals surface area contributed by atoms with Crippen molar-refractivity contribution in [3.63, 3.8) is 0 Å². The second kappa shape index (κ2) is 9.07. The number of piperidine rings is 1. The fourth-order valence-corrected chi connectivity index (χ4v) is 4.52. The SMILES string of the molecule is O=C(COc1ccccc1O)NCc1ccc(S(=O)(=O)N2CCCCC2)cc1. The smallest absolute Gasteiger partial charge is 0.258 e. The van der Waals surface area contributed by atoms with Gasteiger partial charge >= 0.3 is 0 Å². The van der Waals surface area contributed by atoms with E-state index in [1.54, 1.807) is 42.5 Å². The van der Waals surface area contributed by atoms with Crippen LogP contribution in [0.3, 0.4) is 0 Å². The number of phenolic OH excluding ortho intramolecular Hbond substituents is 1. The molecule has 1 fully saturated rings. The zero-order valence-electron chi connectivity index (χ0n) is 15.5. The molecule has 0 radical (unpaired) electrons. The predicted molar refractivity (Wildman–Crippen MR) is 105 cm³/mol. The third-order valence-electron chi connectivity index (χ3n) is 4.59. The summed E-state index contributed by atoms with van der Waals surface area (Å²) >= 11 is 0. The first-order chi connectivity index (χ1) is 13.5. The van der Waals surface area contributed by atoms with Crippen LogP contribution < -0.4 is 10.1 Å². The number of phenols is 1. The van der Waals surface area contributed by atoms with Crippen LogP contribution in [-0.2, 0) is 21.4 Å². The van der Waals surface area contributed by atoms with Gasteiger partial charge in [0, 0.05) is 19.6 Å². The van der Waals surface area contributed by atoms with E-state index in [9.17, 15) is 18.3 Å². The number of amides is 1. The van der Waals surface area contributed by atoms with Gasteiger partial charge in [-0.05, 0) is 42.7 Å². The van der Waals surface area contributed by atoms with Crippen molar-refractivity contribution in [3.8, 4) is 11.5 Å². The Morgan fingerprint density at radius 3 is 2.39 bits per heavy atom. The van der Waals surface area contributed by atoms with Gasteiger partial charge in [0.25, 0.3) is 5.91 Å². The summed E-state index contributed by atoms with van der Waals surface area (Å²) in [5.74, 6) is -0.126. The Bertz CT molecular complexity index is 906. The first kappa shape index (κ1) is 20.2. The summed E-state index contributed by atoms with van der Waals surface area (Å²) in [6.45, 7) is 1.17. The Labute approximate surface area is 165 Å². The minimum atomic E-state index is -3.45. The highest BCUT2D eigenvalue weighted by Crippen LogP contribution is 2.24. The van der Waals surface area contributed by atoms with Crippen molar-refractivity contribution < 1.29 is 23.1 Å². The van der Waals surface area contributed by atoms with Gasteiger partial charge < -0.3 is 15.2 Å². The summed E-state index contributed by atoms with van der Waals surface area (Å²) in [6, 6.07) is 13.0. The summed E-state index contributed by atoms with van der Waals surface area (Å²) in [7, 11) is -3.45. The van der Waals surface area contributed by atoms with Crippen molar-refractivity contribution in [2.75, 3.05) is 19.7 Å². The Morgan fingerprint density at radius 2 is 1.71 bits per heavy atom. The lowest BCUT2D eigenvalue weighted by Gasteiger charge is -2.25. The number of hydrogen-bond acceptors (Lipinski definition) is 5. The molecule has 1 aliphatic heterocycles. The van der Waals surface area contributed by atoms with E-state index in [1.807, 2.05) is 0 Å². The molecule has 28 heavy (non-hydrogen) atoms. The van der Waals surface area contributed by atoms with Gasteiger partial charge in [0.15, 0.2) is 18.1 Å². The van der Waals surface area contributed by atoms with Crippen LogP contribution in [0, 0.1) is 0 Å². The number of carbonyl (C=O) groups excluding carboxylic acids is 1. The van der Waals surface area contributed by atoms with E-state index < -0.39 is 10.0 Å². The minimum Gasteiger partial charge on any atom is -0.504 e. The molecule has 0 spiro atoms. The molecule has 3 rings (SSSR count). The van der Waals surface area contributed by atoms with Crippen LogP contribution in [-0.4, -0.2) is 43.4 Å². The van der Waals surface area contributed by atoms with E-state index in [0.29, 0.717) is 13.1 Å². The van der Waals surface area contributed by atoms with E-state index in [1.165, 1.54) is 10.4 Å². The van der Waals surface area contributed by atoms with Crippen molar-refractivity contribution in [1.29, 1.82) is 0 Å². The first-order valence-corrected chi connectivity index (χ1v) is 10.7. The lowest BCUT2D eigenvalue weighted by molar-refractivity contribution is -0.123. The number of hydrogen-bond donors (Lipinski definition) is 2. The van der Waals surface area contributed by atoms with E-state index >= 15 is 0 Å². The van der Waals surface area contributed by atoms with Gasteiger partial charge in [0.2, 0.25) is 10.0 Å². The summed E-state index contributed by atoms with van der Waals surface area (Å²) < 4.78 is 32.1. The maximum Gasteiger partial charge on any atom is 0.258 e. The molecule has 1 amide bonds. The van der Waals surface area contributed by atoms with Crippen LogP contribution in [0.2, 0.25) is 0 Å². The van der Waals surface area contributed by atoms with Gasteiger partial charge in [-0.3, -0.25) is 4.79 Å². The van der Waals surface area contributed by atoms with Gasteiger partial charge in [-0.2, -0.15) is 4.31 Å². The molecule has 1 heterocycles. The van der Waals surface area contributed by atoms with E-state index in [2.05, 4.69) is 5.32 Å². The Kier molecular flexibility index (Phi) is 6.53. The number of benzene rings is 2. The number of nitrogens with zero attached hydrogens (tertiary/aromatic N) is 1. The van der Waals surface area contributed by atoms with Crippen molar-refractivity contribution in [2.24, 2.45) is 0 Å². The monoisotopic (exact) mass is 404 g/mol. The maximum atomic E-state index is 12.6. The highest BCUT2D eigenvalue weighted by atomic mass is 32.2. The van der Waals surface area contributed by atoms with Crippen molar-refractivity contribution in [3.05, 3.63) is 54.1 Å². The zero-order valence-corrected chi connectivity index (χ0v) is 16.3. The molecule has 0 saturated carbocycles. The van der Waals surface area contributed by atoms with Gasteiger partial charge in [0.1, 0.15) is 0 Å². The Balaban J connectivity index is 1.51. The van der Waals surface area contributed by atoms with Crippen LogP contribution in [0.1, 0.15) is 24.8 Å². The van der Waals surface area contributed by atoms with Crippen LogP contribution in [0.4, 0.5) is 0 Å². The van der Waals surface area contributed by atoms with Gasteiger partial charge in [-0.15, -0.1) is 0 Å². The molecule has 0 atom stereocenters. The molecule has 2 aromatic carbocycles. The normalized spacial score (nSPS) is 15.1. The molecule has 2 N–H and O–H groups in total. The molecule has 0 bridgehead atoms. The number of rotatable bonds is 7. The number of sulfonamides is 1. The molecular weight excluding hydrogens is 380 g/mol. The number of ether oxygens (including phenoxy) is 1. The fourth-order valence-electron chi connectivity index (χ4n) is 3.01. The average Bonchev–Trinajstić information content (AvgIpc) is 2.72. The van der Waals surface area contributed by atoms with Crippen molar-refractivity contribution >= 4 is 15.9 Å². The molecule has 0 unspecified atom stereocenters. The van der Waals surface area contributed by atoms with E-state index in [-0.39, 0.29) is 35.5 Å². The summed E-state index contributed by atoms with van der Waals surface area (Å²) in [6.07, 6.45) is 2.86. The van der Waals surface area contributed by atoms with Gasteiger partial charge in [-0.1, -0.05) is 30.7 Å². The zero-order chi connectivity index (χ0) is 20.0. The van der Waals surface area contributed by atoms with Gasteiger partial charge in [0.05, 0.1) is 4.90 Å². The lowest BCUT2D eigenvalue weighted by Crippen LogP contribution is -2.35. The van der Waals surface area contributed by atoms with Crippen molar-refractivity contribution in [2.45, 2.75) is 30.7 Å². The second-order valence-corrected chi connectivity index (χ2v) is 8.58. The standard InChI is InChI=1S/C20H24N2O5S/c23-18-6-2-3-7-19(18)27-15-20(24)21-14-16-8-10-17(11-9-16)28(25,26)22-12-4-1-5-13-22/h2-3,6-11,23H,1,4-5,12-15H2,(H,21,24). The molecular formula is C20H24N2O5S. The van der Waals surface area contributed by atoms with Crippen LogP contribution >= 0.6 is 0 Å². The highest BCUT2D eigenvalue weighted by Gasteiger charge is 2.25. The summed E-state index contributed by atoms with van der Waals surface area (Å²) in [4.78, 5) is 12.2. The van der Waals surface area contributed by atoms with Crippen LogP contribution in [0.25, 0.3) is 0 Å². The maximum absolute atomic E-state index is 12.6. The first-order valence-electron chi connectivity index (χ1n) is 9.23. The molecule has 2 aromatic rings. The quantitative estimate of drug-likeness (QED) is 0.738. The largest absolute Gasteiger partial charge is 0.504 e. The summed E-state index contributed by atoms with van der Waals surface area (Å²) in [5.41, 5.74) is 0.786. The van der Waals surface area contributed by atoms with Crippen LogP contribution in [0.15, 0.2) is 53.4 Å². The number of nitrogens with one attached hydrogen (secondary N) is 1. The predicted octanol–water partition coefficient (Wildman–Crippen LogP) is 2.26. The third-order valence-corrected chi connectivity index (χ3v) is 6.50. The molecule has 150 valence electrons. The van der Waals surface area contributed by atoms with E-state index in [4.69, 9.17) is 4.74 Å². The van der Waals surface area contributed by atoms with Crippen LogP contribution in [0.5, 0.6) is 11.5 Å². The van der Waals surface area contributed by atoms with Gasteiger partial charge in [-0.25, -0.2) is 8.42 Å². The second-order valence-electron chi connectivity index (χ2n) is 6.64. The highest BCUT2D eigenvalue weighted by molar-refractivity contribution is 7.89. The average molecular weight is 404 g/mol. The summed E-state index contributed by atoms with van der Waals surface area (Å²) in [5, 5.41) is 12.3. The van der Waals surface area contributed by atoms with Crippen molar-refractivity contribution in [1.82, 2.24) is 9.62 Å². The third kappa shape index (κ3) is 5.02. The molecule has 1 saturated heterocycles. The Hall–Kier alpha value is -2.58. The molecule has 0 aromatic heterocycles. The lowest BCUT2D eigenvalue weighted by atomic mass is 10.2. The fraction of sp³-hybridized carbons (Fsp3) is 0.350.